The van der Waals surface area contributed by atoms with E-state index in [0.717, 1.165) is 17.4 Å². The van der Waals surface area contributed by atoms with Gasteiger partial charge in [-0.25, -0.2) is 4.98 Å². The van der Waals surface area contributed by atoms with Crippen molar-refractivity contribution >= 4 is 27.8 Å². The van der Waals surface area contributed by atoms with E-state index in [9.17, 15) is 0 Å². The number of aryl methyl sites for hydroxylation is 1. The first-order chi connectivity index (χ1) is 10.1. The quantitative estimate of drug-likeness (QED) is 0.711. The Hall–Kier alpha value is -1.59. The summed E-state index contributed by atoms with van der Waals surface area (Å²) in [7, 11) is 4.06. The molecule has 3 aromatic heterocycles. The summed E-state index contributed by atoms with van der Waals surface area (Å²) in [6.45, 7) is 5.30. The molecule has 0 aromatic carbocycles. The van der Waals surface area contributed by atoms with Gasteiger partial charge in [-0.1, -0.05) is 6.07 Å². The number of thiazole rings is 1. The minimum atomic E-state index is 0.944. The van der Waals surface area contributed by atoms with E-state index in [0.29, 0.717) is 0 Å². The number of anilines is 1. The molecule has 3 aromatic rings. The lowest BCUT2D eigenvalue weighted by atomic mass is 10.2. The van der Waals surface area contributed by atoms with E-state index in [1.54, 1.807) is 11.3 Å². The van der Waals surface area contributed by atoms with Crippen molar-refractivity contribution in [3.8, 4) is 11.3 Å². The first kappa shape index (κ1) is 14.4. The Labute approximate surface area is 133 Å². The zero-order valence-electron chi connectivity index (χ0n) is 12.8. The fourth-order valence-corrected chi connectivity index (χ4v) is 3.91. The van der Waals surface area contributed by atoms with Gasteiger partial charge in [0.05, 0.1) is 12.2 Å². The molecule has 0 N–H and O–H groups in total. The number of thiophene rings is 1. The van der Waals surface area contributed by atoms with Crippen LogP contribution in [-0.4, -0.2) is 23.6 Å². The van der Waals surface area contributed by atoms with E-state index in [1.807, 2.05) is 25.4 Å². The summed E-state index contributed by atoms with van der Waals surface area (Å²) < 4.78 is 2.37. The normalized spacial score (nSPS) is 11.0. The van der Waals surface area contributed by atoms with Gasteiger partial charge in [-0.15, -0.1) is 22.7 Å². The van der Waals surface area contributed by atoms with Crippen LogP contribution >= 0.6 is 22.7 Å². The van der Waals surface area contributed by atoms with Crippen LogP contribution in [0.1, 0.15) is 16.3 Å². The molecular weight excluding hydrogens is 298 g/mol. The number of hydrogen-bond donors (Lipinski definition) is 0. The molecular formula is C16H19N3S2. The van der Waals surface area contributed by atoms with Gasteiger partial charge in [-0.05, 0) is 31.4 Å². The summed E-state index contributed by atoms with van der Waals surface area (Å²) in [5.41, 5.74) is 4.90. The Morgan fingerprint density at radius 2 is 2.05 bits per heavy atom. The monoisotopic (exact) mass is 317 g/mol. The van der Waals surface area contributed by atoms with Gasteiger partial charge >= 0.3 is 0 Å². The van der Waals surface area contributed by atoms with Crippen LogP contribution in [0.3, 0.4) is 0 Å². The molecule has 0 radical (unpaired) electrons. The van der Waals surface area contributed by atoms with Crippen LogP contribution in [-0.2, 0) is 6.54 Å². The van der Waals surface area contributed by atoms with E-state index in [4.69, 9.17) is 4.98 Å². The molecule has 0 atom stereocenters. The summed E-state index contributed by atoms with van der Waals surface area (Å²) in [5, 5.41) is 5.33. The van der Waals surface area contributed by atoms with Gasteiger partial charge in [0.25, 0.3) is 0 Å². The number of aromatic nitrogens is 2. The predicted molar refractivity (Wildman–Crippen MR) is 92.8 cm³/mol. The largest absolute Gasteiger partial charge is 0.354 e. The highest BCUT2D eigenvalue weighted by atomic mass is 32.1. The van der Waals surface area contributed by atoms with Gasteiger partial charge in [-0.2, -0.15) is 0 Å². The lowest BCUT2D eigenvalue weighted by Gasteiger charge is -2.08. The third-order valence-corrected chi connectivity index (χ3v) is 5.49. The molecule has 3 rings (SSSR count). The van der Waals surface area contributed by atoms with Crippen LogP contribution in [0.4, 0.5) is 5.13 Å². The average molecular weight is 317 g/mol. The molecule has 0 spiro atoms. The van der Waals surface area contributed by atoms with Crippen molar-refractivity contribution in [1.29, 1.82) is 0 Å². The van der Waals surface area contributed by atoms with Crippen molar-refractivity contribution in [3.05, 3.63) is 45.2 Å². The molecule has 0 aliphatic rings. The summed E-state index contributed by atoms with van der Waals surface area (Å²) in [5.74, 6) is 0. The lowest BCUT2D eigenvalue weighted by molar-refractivity contribution is 0.760. The van der Waals surface area contributed by atoms with Gasteiger partial charge in [0.15, 0.2) is 5.13 Å². The first-order valence-corrected chi connectivity index (χ1v) is 8.64. The Morgan fingerprint density at radius 1 is 1.24 bits per heavy atom. The van der Waals surface area contributed by atoms with E-state index in [2.05, 4.69) is 52.3 Å². The molecule has 0 bridgehead atoms. The van der Waals surface area contributed by atoms with E-state index in [-0.39, 0.29) is 0 Å². The number of rotatable bonds is 4. The maximum Gasteiger partial charge on any atom is 0.185 e. The molecule has 0 aliphatic carbocycles. The number of nitrogens with zero attached hydrogens (tertiary/aromatic N) is 3. The minimum absolute atomic E-state index is 0.944. The molecule has 0 fully saturated rings. The van der Waals surface area contributed by atoms with E-state index < -0.39 is 0 Å². The van der Waals surface area contributed by atoms with Gasteiger partial charge in [0.2, 0.25) is 0 Å². The highest BCUT2D eigenvalue weighted by Crippen LogP contribution is 2.31. The molecule has 110 valence electrons. The average Bonchev–Trinajstić information content (AvgIpc) is 3.15. The molecule has 21 heavy (non-hydrogen) atoms. The molecule has 0 saturated heterocycles. The van der Waals surface area contributed by atoms with Crippen LogP contribution < -0.4 is 4.90 Å². The van der Waals surface area contributed by atoms with Crippen LogP contribution in [0.2, 0.25) is 0 Å². The molecule has 5 heteroatoms. The number of hydrogen-bond acceptors (Lipinski definition) is 4. The summed E-state index contributed by atoms with van der Waals surface area (Å²) in [6.07, 6.45) is 0. The van der Waals surface area contributed by atoms with Gasteiger partial charge in [0, 0.05) is 41.3 Å². The van der Waals surface area contributed by atoms with Crippen molar-refractivity contribution in [3.63, 3.8) is 0 Å². The SMILES string of the molecule is Cc1cc(-c2csc(N(C)C)n2)c(C)n1Cc1cccs1. The van der Waals surface area contributed by atoms with Crippen LogP contribution in [0.25, 0.3) is 11.3 Å². The fourth-order valence-electron chi connectivity index (χ4n) is 2.46. The van der Waals surface area contributed by atoms with Gasteiger partial charge in [-0.3, -0.25) is 0 Å². The van der Waals surface area contributed by atoms with E-state index >= 15 is 0 Å². The molecule has 0 aliphatic heterocycles. The fraction of sp³-hybridized carbons (Fsp3) is 0.312. The zero-order valence-corrected chi connectivity index (χ0v) is 14.4. The van der Waals surface area contributed by atoms with Gasteiger partial charge < -0.3 is 9.47 Å². The lowest BCUT2D eigenvalue weighted by Crippen LogP contribution is -2.07. The standard InChI is InChI=1S/C16H19N3S2/c1-11-8-14(15-10-21-16(17-15)18(3)4)12(2)19(11)9-13-6-5-7-20-13/h5-8,10H,9H2,1-4H3. The maximum absolute atomic E-state index is 4.73. The van der Waals surface area contributed by atoms with Crippen molar-refractivity contribution < 1.29 is 0 Å². The Morgan fingerprint density at radius 3 is 2.67 bits per heavy atom. The zero-order chi connectivity index (χ0) is 15.0. The third-order valence-electron chi connectivity index (χ3n) is 3.62. The second-order valence-corrected chi connectivity index (χ2v) is 7.23. The smallest absolute Gasteiger partial charge is 0.185 e. The van der Waals surface area contributed by atoms with Crippen LogP contribution in [0, 0.1) is 13.8 Å². The molecule has 3 nitrogen and oxygen atoms in total. The van der Waals surface area contributed by atoms with Gasteiger partial charge in [0.1, 0.15) is 0 Å². The Balaban J connectivity index is 1.96. The van der Waals surface area contributed by atoms with Crippen molar-refractivity contribution in [2.24, 2.45) is 0 Å². The molecule has 3 heterocycles. The highest BCUT2D eigenvalue weighted by molar-refractivity contribution is 7.14. The predicted octanol–water partition coefficient (Wildman–Crippen LogP) is 4.40. The summed E-state index contributed by atoms with van der Waals surface area (Å²) in [6, 6.07) is 6.55. The molecule has 0 saturated carbocycles. The topological polar surface area (TPSA) is 21.1 Å². The van der Waals surface area contributed by atoms with Crippen LogP contribution in [0.5, 0.6) is 0 Å². The van der Waals surface area contributed by atoms with E-state index in [1.165, 1.54) is 21.8 Å². The minimum Gasteiger partial charge on any atom is -0.354 e. The summed E-state index contributed by atoms with van der Waals surface area (Å²) in [4.78, 5) is 8.17. The first-order valence-electron chi connectivity index (χ1n) is 6.88. The molecule has 0 unspecified atom stereocenters. The Kier molecular flexibility index (Phi) is 3.87. The molecule has 0 amide bonds. The second kappa shape index (κ2) is 5.66. The van der Waals surface area contributed by atoms with Crippen molar-refractivity contribution in [1.82, 2.24) is 9.55 Å². The van der Waals surface area contributed by atoms with Crippen molar-refractivity contribution in [2.45, 2.75) is 20.4 Å². The highest BCUT2D eigenvalue weighted by Gasteiger charge is 2.14. The van der Waals surface area contributed by atoms with Crippen molar-refractivity contribution in [2.75, 3.05) is 19.0 Å². The second-order valence-electron chi connectivity index (χ2n) is 5.36. The summed E-state index contributed by atoms with van der Waals surface area (Å²) >= 11 is 3.50. The Bertz CT molecular complexity index is 736. The van der Waals surface area contributed by atoms with Crippen LogP contribution in [0.15, 0.2) is 29.0 Å². The maximum atomic E-state index is 4.73. The third kappa shape index (κ3) is 2.76.